The van der Waals surface area contributed by atoms with Gasteiger partial charge >= 0.3 is 0 Å². The molecule has 0 spiro atoms. The smallest absolute Gasteiger partial charge is 0.265 e. The first kappa shape index (κ1) is 20.0. The van der Waals surface area contributed by atoms with Crippen LogP contribution in [0, 0.1) is 0 Å². The molecule has 4 rings (SSSR count). The molecular formula is C22H21BrN2O3S. The fourth-order valence-corrected chi connectivity index (χ4v) is 5.16. The van der Waals surface area contributed by atoms with Gasteiger partial charge in [0.05, 0.1) is 22.2 Å². The highest BCUT2D eigenvalue weighted by molar-refractivity contribution is 9.10. The largest absolute Gasteiger partial charge is 0.496 e. The molecular weight excluding hydrogens is 452 g/mol. The number of halogens is 1. The topological polar surface area (TPSA) is 49.9 Å². The summed E-state index contributed by atoms with van der Waals surface area (Å²) in [5.74, 6) is 0.593. The molecule has 150 valence electrons. The van der Waals surface area contributed by atoms with Gasteiger partial charge in [0.25, 0.3) is 5.91 Å². The molecule has 0 bridgehead atoms. The van der Waals surface area contributed by atoms with Crippen LogP contribution in [0.25, 0.3) is 6.08 Å². The van der Waals surface area contributed by atoms with Crippen molar-refractivity contribution in [1.82, 2.24) is 4.90 Å². The van der Waals surface area contributed by atoms with Crippen molar-refractivity contribution >= 4 is 51.3 Å². The van der Waals surface area contributed by atoms with Gasteiger partial charge in [-0.25, -0.2) is 0 Å². The summed E-state index contributed by atoms with van der Waals surface area (Å²) in [6.45, 7) is 1.62. The van der Waals surface area contributed by atoms with Gasteiger partial charge in [0.1, 0.15) is 12.3 Å². The zero-order valence-corrected chi connectivity index (χ0v) is 18.5. The number of amides is 2. The van der Waals surface area contributed by atoms with E-state index in [4.69, 9.17) is 4.74 Å². The number of carbonyl (C=O) groups is 2. The first-order valence-electron chi connectivity index (χ1n) is 9.48. The van der Waals surface area contributed by atoms with Crippen molar-refractivity contribution in [3.8, 4) is 5.75 Å². The summed E-state index contributed by atoms with van der Waals surface area (Å²) >= 11 is 4.93. The SMILES string of the molecule is COc1ccc(/C=C2/Sc3ccccc3N(CC(=O)N3CCCC3)C2=O)cc1Br. The maximum absolute atomic E-state index is 13.3. The van der Waals surface area contributed by atoms with Crippen LogP contribution in [-0.4, -0.2) is 43.5 Å². The van der Waals surface area contributed by atoms with Gasteiger partial charge in [0.2, 0.25) is 5.91 Å². The molecule has 7 heteroatoms. The summed E-state index contributed by atoms with van der Waals surface area (Å²) in [5.41, 5.74) is 1.68. The molecule has 0 atom stereocenters. The van der Waals surface area contributed by atoms with E-state index in [-0.39, 0.29) is 18.4 Å². The fraction of sp³-hybridized carbons (Fsp3) is 0.273. The molecule has 2 amide bonds. The number of para-hydroxylation sites is 1. The van der Waals surface area contributed by atoms with E-state index in [0.717, 1.165) is 52.3 Å². The second-order valence-corrected chi connectivity index (χ2v) is 8.89. The molecule has 1 saturated heterocycles. The number of thioether (sulfide) groups is 1. The van der Waals surface area contributed by atoms with Crippen molar-refractivity contribution in [3.63, 3.8) is 0 Å². The van der Waals surface area contributed by atoms with Crippen LogP contribution in [0.3, 0.4) is 0 Å². The first-order valence-corrected chi connectivity index (χ1v) is 11.1. The van der Waals surface area contributed by atoms with E-state index in [1.54, 1.807) is 12.0 Å². The van der Waals surface area contributed by atoms with Gasteiger partial charge in [0, 0.05) is 18.0 Å². The number of ether oxygens (including phenoxy) is 1. The van der Waals surface area contributed by atoms with Gasteiger partial charge in [0.15, 0.2) is 0 Å². The van der Waals surface area contributed by atoms with E-state index >= 15 is 0 Å². The van der Waals surface area contributed by atoms with Crippen molar-refractivity contribution in [2.75, 3.05) is 31.6 Å². The number of fused-ring (bicyclic) bond motifs is 1. The lowest BCUT2D eigenvalue weighted by atomic mass is 10.2. The van der Waals surface area contributed by atoms with Gasteiger partial charge < -0.3 is 9.64 Å². The monoisotopic (exact) mass is 472 g/mol. The normalized spacial score (nSPS) is 17.6. The first-order chi connectivity index (χ1) is 14.1. The third-order valence-corrected chi connectivity index (χ3v) is 6.75. The summed E-state index contributed by atoms with van der Waals surface area (Å²) in [6.07, 6.45) is 3.92. The Balaban J connectivity index is 1.65. The van der Waals surface area contributed by atoms with E-state index in [9.17, 15) is 9.59 Å². The van der Waals surface area contributed by atoms with Crippen LogP contribution in [0.5, 0.6) is 5.75 Å². The van der Waals surface area contributed by atoms with Gasteiger partial charge in [-0.05, 0) is 64.7 Å². The summed E-state index contributed by atoms with van der Waals surface area (Å²) in [5, 5.41) is 0. The Morgan fingerprint density at radius 2 is 1.97 bits per heavy atom. The quantitative estimate of drug-likeness (QED) is 0.611. The lowest BCUT2D eigenvalue weighted by molar-refractivity contribution is -0.130. The molecule has 5 nitrogen and oxygen atoms in total. The summed E-state index contributed by atoms with van der Waals surface area (Å²) in [6, 6.07) is 13.4. The van der Waals surface area contributed by atoms with Crippen LogP contribution in [-0.2, 0) is 9.59 Å². The molecule has 29 heavy (non-hydrogen) atoms. The Hall–Kier alpha value is -2.25. The number of nitrogens with zero attached hydrogens (tertiary/aromatic N) is 2. The summed E-state index contributed by atoms with van der Waals surface area (Å²) in [4.78, 5) is 31.0. The third-order valence-electron chi connectivity index (χ3n) is 5.06. The van der Waals surface area contributed by atoms with Crippen LogP contribution >= 0.6 is 27.7 Å². The molecule has 2 aliphatic rings. The molecule has 0 unspecified atom stereocenters. The van der Waals surface area contributed by atoms with Gasteiger partial charge in [-0.2, -0.15) is 0 Å². The minimum Gasteiger partial charge on any atom is -0.496 e. The van der Waals surface area contributed by atoms with Gasteiger partial charge in [-0.1, -0.05) is 30.0 Å². The van der Waals surface area contributed by atoms with Gasteiger partial charge in [-0.3, -0.25) is 14.5 Å². The zero-order chi connectivity index (χ0) is 20.4. The fourth-order valence-electron chi connectivity index (χ4n) is 3.54. The second-order valence-electron chi connectivity index (χ2n) is 6.95. The van der Waals surface area contributed by atoms with E-state index in [0.29, 0.717) is 4.91 Å². The number of likely N-dealkylation sites (tertiary alicyclic amines) is 1. The van der Waals surface area contributed by atoms with E-state index in [1.165, 1.54) is 11.8 Å². The Morgan fingerprint density at radius 1 is 1.21 bits per heavy atom. The van der Waals surface area contributed by atoms with Crippen molar-refractivity contribution in [1.29, 1.82) is 0 Å². The molecule has 1 fully saturated rings. The van der Waals surface area contributed by atoms with Crippen LogP contribution in [0.15, 0.2) is 56.7 Å². The van der Waals surface area contributed by atoms with E-state index in [1.807, 2.05) is 53.4 Å². The molecule has 0 N–H and O–H groups in total. The molecule has 0 aliphatic carbocycles. The number of hydrogen-bond donors (Lipinski definition) is 0. The number of rotatable bonds is 4. The maximum atomic E-state index is 13.3. The van der Waals surface area contributed by atoms with Crippen molar-refractivity contribution in [2.24, 2.45) is 0 Å². The van der Waals surface area contributed by atoms with E-state index in [2.05, 4.69) is 15.9 Å². The van der Waals surface area contributed by atoms with Crippen LogP contribution in [0.2, 0.25) is 0 Å². The Labute approximate surface area is 182 Å². The highest BCUT2D eigenvalue weighted by Gasteiger charge is 2.32. The summed E-state index contributed by atoms with van der Waals surface area (Å²) < 4.78 is 6.10. The predicted molar refractivity (Wildman–Crippen MR) is 119 cm³/mol. The molecule has 2 aliphatic heterocycles. The minimum absolute atomic E-state index is 0.00379. The second kappa shape index (κ2) is 8.63. The highest BCUT2D eigenvalue weighted by atomic mass is 79.9. The van der Waals surface area contributed by atoms with Crippen LogP contribution in [0.1, 0.15) is 18.4 Å². The number of hydrogen-bond acceptors (Lipinski definition) is 4. The number of carbonyl (C=O) groups excluding carboxylic acids is 2. The number of anilines is 1. The number of methoxy groups -OCH3 is 1. The zero-order valence-electron chi connectivity index (χ0n) is 16.1. The maximum Gasteiger partial charge on any atom is 0.265 e. The lowest BCUT2D eigenvalue weighted by Crippen LogP contribution is -2.43. The standard InChI is InChI=1S/C22H21BrN2O3S/c1-28-18-9-8-15(12-16(18)23)13-20-22(27)25(14-21(26)24-10-4-5-11-24)17-6-2-3-7-19(17)29-20/h2-3,6-9,12-13H,4-5,10-11,14H2,1H3/b20-13+. The molecule has 2 heterocycles. The Bertz CT molecular complexity index is 986. The summed E-state index contributed by atoms with van der Waals surface area (Å²) in [7, 11) is 1.62. The average Bonchev–Trinajstić information content (AvgIpc) is 3.26. The molecule has 0 radical (unpaired) electrons. The minimum atomic E-state index is -0.145. The van der Waals surface area contributed by atoms with Gasteiger partial charge in [-0.15, -0.1) is 0 Å². The number of benzene rings is 2. The lowest BCUT2D eigenvalue weighted by Gasteiger charge is -2.31. The van der Waals surface area contributed by atoms with Crippen molar-refractivity contribution < 1.29 is 14.3 Å². The predicted octanol–water partition coefficient (Wildman–Crippen LogP) is 4.56. The molecule has 0 saturated carbocycles. The molecule has 2 aromatic rings. The van der Waals surface area contributed by atoms with Crippen LogP contribution < -0.4 is 9.64 Å². The van der Waals surface area contributed by atoms with E-state index < -0.39 is 0 Å². The Kier molecular flexibility index (Phi) is 5.96. The van der Waals surface area contributed by atoms with Crippen molar-refractivity contribution in [3.05, 3.63) is 57.4 Å². The van der Waals surface area contributed by atoms with Crippen molar-refractivity contribution in [2.45, 2.75) is 17.7 Å². The molecule has 0 aromatic heterocycles. The third kappa shape index (κ3) is 4.21. The molecule has 2 aromatic carbocycles. The highest BCUT2D eigenvalue weighted by Crippen LogP contribution is 2.42. The van der Waals surface area contributed by atoms with Crippen LogP contribution in [0.4, 0.5) is 5.69 Å². The average molecular weight is 473 g/mol. The Morgan fingerprint density at radius 3 is 2.69 bits per heavy atom.